The Balaban J connectivity index is 2.21. The predicted octanol–water partition coefficient (Wildman–Crippen LogP) is 4.35. The van der Waals surface area contributed by atoms with Gasteiger partial charge in [-0.2, -0.15) is 0 Å². The second-order valence-corrected chi connectivity index (χ2v) is 5.24. The molecule has 1 unspecified atom stereocenters. The molecule has 2 rings (SSSR count). The van der Waals surface area contributed by atoms with E-state index in [1.165, 1.54) is 0 Å². The highest BCUT2D eigenvalue weighted by atomic mass is 35.5. The molecule has 0 fully saturated rings. The summed E-state index contributed by atoms with van der Waals surface area (Å²) < 4.78 is 0. The van der Waals surface area contributed by atoms with Gasteiger partial charge in [-0.1, -0.05) is 49.4 Å². The molecule has 0 heterocycles. The van der Waals surface area contributed by atoms with Gasteiger partial charge in [-0.15, -0.1) is 11.6 Å². The van der Waals surface area contributed by atoms with Crippen LogP contribution >= 0.6 is 11.6 Å². The number of hydrogen-bond acceptors (Lipinski definition) is 2. The fourth-order valence-electron chi connectivity index (χ4n) is 1.95. The fourth-order valence-corrected chi connectivity index (χ4v) is 2.02. The van der Waals surface area contributed by atoms with E-state index in [0.29, 0.717) is 17.7 Å². The van der Waals surface area contributed by atoms with Crippen molar-refractivity contribution in [3.05, 3.63) is 65.7 Å². The minimum Gasteiger partial charge on any atom is -0.383 e. The number of anilines is 1. The van der Waals surface area contributed by atoms with Crippen LogP contribution in [0.3, 0.4) is 0 Å². The molecule has 0 saturated carbocycles. The Kier molecular flexibility index (Phi) is 5.19. The molecular formula is C17H18ClNO. The molecule has 0 aromatic heterocycles. The van der Waals surface area contributed by atoms with Gasteiger partial charge in [0.1, 0.15) is 0 Å². The largest absolute Gasteiger partial charge is 0.383 e. The average molecular weight is 288 g/mol. The van der Waals surface area contributed by atoms with Crippen molar-refractivity contribution in [3.63, 3.8) is 0 Å². The van der Waals surface area contributed by atoms with Crippen LogP contribution < -0.4 is 5.32 Å². The molecule has 20 heavy (non-hydrogen) atoms. The average Bonchev–Trinajstić information content (AvgIpc) is 2.53. The normalized spacial score (nSPS) is 11.9. The maximum Gasteiger partial charge on any atom is 0.195 e. The van der Waals surface area contributed by atoms with Crippen molar-refractivity contribution in [3.8, 4) is 0 Å². The van der Waals surface area contributed by atoms with E-state index in [2.05, 4.69) is 5.32 Å². The minimum absolute atomic E-state index is 0.0244. The third-order valence-corrected chi connectivity index (χ3v) is 3.63. The lowest BCUT2D eigenvalue weighted by atomic mass is 10.0. The molecule has 2 aromatic rings. The maximum absolute atomic E-state index is 12.5. The lowest BCUT2D eigenvalue weighted by Crippen LogP contribution is -2.15. The van der Waals surface area contributed by atoms with Crippen LogP contribution in [0.15, 0.2) is 54.6 Å². The Labute approximate surface area is 124 Å². The molecule has 0 amide bonds. The number of rotatable bonds is 6. The van der Waals surface area contributed by atoms with Crippen LogP contribution in [0.2, 0.25) is 0 Å². The van der Waals surface area contributed by atoms with E-state index in [9.17, 15) is 4.79 Å². The second-order valence-electron chi connectivity index (χ2n) is 4.63. The van der Waals surface area contributed by atoms with Gasteiger partial charge >= 0.3 is 0 Å². The molecular weight excluding hydrogens is 270 g/mol. The van der Waals surface area contributed by atoms with E-state index in [4.69, 9.17) is 11.6 Å². The molecule has 0 saturated heterocycles. The molecule has 2 nitrogen and oxygen atoms in total. The van der Waals surface area contributed by atoms with E-state index in [1.807, 2.05) is 61.5 Å². The molecule has 2 aromatic carbocycles. The summed E-state index contributed by atoms with van der Waals surface area (Å²) in [6.07, 6.45) is 0.892. The summed E-state index contributed by atoms with van der Waals surface area (Å²) in [7, 11) is 0. The summed E-state index contributed by atoms with van der Waals surface area (Å²) in [6.45, 7) is 2.69. The van der Waals surface area contributed by atoms with Crippen LogP contribution in [-0.4, -0.2) is 17.7 Å². The van der Waals surface area contributed by atoms with Gasteiger partial charge in [-0.3, -0.25) is 4.79 Å². The highest BCUT2D eigenvalue weighted by Gasteiger charge is 2.13. The summed E-state index contributed by atoms with van der Waals surface area (Å²) >= 11 is 6.12. The first-order valence-corrected chi connectivity index (χ1v) is 7.22. The van der Waals surface area contributed by atoms with Crippen molar-refractivity contribution < 1.29 is 4.79 Å². The molecule has 104 valence electrons. The van der Waals surface area contributed by atoms with Crippen molar-refractivity contribution >= 4 is 23.1 Å². The van der Waals surface area contributed by atoms with Crippen molar-refractivity contribution in [1.29, 1.82) is 0 Å². The standard InChI is InChI=1S/C17H18ClNO/c1-2-14(18)12-19-16-11-7-6-10-15(16)17(20)13-8-4-3-5-9-13/h3-11,14,19H,2,12H2,1H3. The zero-order valence-electron chi connectivity index (χ0n) is 11.5. The Morgan fingerprint density at radius 1 is 1.10 bits per heavy atom. The number of alkyl halides is 1. The fraction of sp³-hybridized carbons (Fsp3) is 0.235. The van der Waals surface area contributed by atoms with Gasteiger partial charge < -0.3 is 5.32 Å². The summed E-state index contributed by atoms with van der Waals surface area (Å²) in [5.41, 5.74) is 2.21. The quantitative estimate of drug-likeness (QED) is 0.632. The highest BCUT2D eigenvalue weighted by Crippen LogP contribution is 2.19. The predicted molar refractivity (Wildman–Crippen MR) is 84.7 cm³/mol. The Bertz CT molecular complexity index is 568. The third kappa shape index (κ3) is 3.61. The maximum atomic E-state index is 12.5. The smallest absolute Gasteiger partial charge is 0.195 e. The summed E-state index contributed by atoms with van der Waals surface area (Å²) in [6, 6.07) is 16.8. The first-order valence-electron chi connectivity index (χ1n) is 6.79. The highest BCUT2D eigenvalue weighted by molar-refractivity contribution is 6.21. The second kappa shape index (κ2) is 7.11. The van der Waals surface area contributed by atoms with Crippen molar-refractivity contribution in [1.82, 2.24) is 0 Å². The Morgan fingerprint density at radius 2 is 1.75 bits per heavy atom. The van der Waals surface area contributed by atoms with E-state index in [1.54, 1.807) is 0 Å². The molecule has 0 spiro atoms. The molecule has 3 heteroatoms. The molecule has 0 bridgehead atoms. The molecule has 0 aliphatic rings. The van der Waals surface area contributed by atoms with Crippen LogP contribution in [0.5, 0.6) is 0 Å². The number of carbonyl (C=O) groups excluding carboxylic acids is 1. The molecule has 1 atom stereocenters. The number of ketones is 1. The number of benzene rings is 2. The van der Waals surface area contributed by atoms with Gasteiger partial charge in [0.05, 0.1) is 5.38 Å². The van der Waals surface area contributed by atoms with Gasteiger partial charge in [-0.25, -0.2) is 0 Å². The topological polar surface area (TPSA) is 29.1 Å². The van der Waals surface area contributed by atoms with Crippen LogP contribution in [0.25, 0.3) is 0 Å². The SMILES string of the molecule is CCC(Cl)CNc1ccccc1C(=O)c1ccccc1. The molecule has 0 radical (unpaired) electrons. The lowest BCUT2D eigenvalue weighted by molar-refractivity contribution is 0.103. The number of para-hydroxylation sites is 1. The van der Waals surface area contributed by atoms with Crippen LogP contribution in [0.4, 0.5) is 5.69 Å². The summed E-state index contributed by atoms with van der Waals surface area (Å²) in [4.78, 5) is 12.5. The monoisotopic (exact) mass is 287 g/mol. The Hall–Kier alpha value is -1.80. The summed E-state index contributed by atoms with van der Waals surface area (Å²) in [5.74, 6) is 0.0244. The van der Waals surface area contributed by atoms with E-state index < -0.39 is 0 Å². The number of carbonyl (C=O) groups is 1. The van der Waals surface area contributed by atoms with E-state index in [-0.39, 0.29) is 11.2 Å². The van der Waals surface area contributed by atoms with Gasteiger partial charge in [-0.05, 0) is 18.6 Å². The number of hydrogen-bond donors (Lipinski definition) is 1. The number of halogens is 1. The summed E-state index contributed by atoms with van der Waals surface area (Å²) in [5, 5.41) is 3.33. The van der Waals surface area contributed by atoms with Gasteiger partial charge in [0, 0.05) is 23.4 Å². The van der Waals surface area contributed by atoms with E-state index >= 15 is 0 Å². The van der Waals surface area contributed by atoms with Gasteiger partial charge in [0.15, 0.2) is 5.78 Å². The van der Waals surface area contributed by atoms with Crippen LogP contribution in [0.1, 0.15) is 29.3 Å². The van der Waals surface area contributed by atoms with E-state index in [0.717, 1.165) is 12.1 Å². The van der Waals surface area contributed by atoms with Gasteiger partial charge in [0.25, 0.3) is 0 Å². The minimum atomic E-state index is 0.0244. The number of nitrogens with one attached hydrogen (secondary N) is 1. The van der Waals surface area contributed by atoms with Crippen LogP contribution in [0, 0.1) is 0 Å². The molecule has 0 aliphatic heterocycles. The zero-order valence-corrected chi connectivity index (χ0v) is 12.2. The molecule has 0 aliphatic carbocycles. The Morgan fingerprint density at radius 3 is 2.45 bits per heavy atom. The first-order chi connectivity index (χ1) is 9.72. The lowest BCUT2D eigenvalue weighted by Gasteiger charge is -2.13. The van der Waals surface area contributed by atoms with Crippen molar-refractivity contribution in [2.45, 2.75) is 18.7 Å². The third-order valence-electron chi connectivity index (χ3n) is 3.16. The van der Waals surface area contributed by atoms with Gasteiger partial charge in [0.2, 0.25) is 0 Å². The van der Waals surface area contributed by atoms with Crippen molar-refractivity contribution in [2.24, 2.45) is 0 Å². The van der Waals surface area contributed by atoms with Crippen molar-refractivity contribution in [2.75, 3.05) is 11.9 Å². The van der Waals surface area contributed by atoms with Crippen LogP contribution in [-0.2, 0) is 0 Å². The zero-order chi connectivity index (χ0) is 14.4. The molecule has 1 N–H and O–H groups in total. The first kappa shape index (κ1) is 14.6.